The van der Waals surface area contributed by atoms with Crippen LogP contribution in [0.5, 0.6) is 0 Å². The molecule has 1 saturated carbocycles. The highest BCUT2D eigenvalue weighted by molar-refractivity contribution is 5.82. The van der Waals surface area contributed by atoms with Crippen molar-refractivity contribution in [1.82, 2.24) is 0 Å². The van der Waals surface area contributed by atoms with Gasteiger partial charge in [-0.15, -0.1) is 0 Å². The third kappa shape index (κ3) is 1.34. The number of rotatable bonds is 0. The summed E-state index contributed by atoms with van der Waals surface area (Å²) in [6.07, 6.45) is 7.52. The summed E-state index contributed by atoms with van der Waals surface area (Å²) in [5.74, 6) is 1.12. The molecular formula is C12H18O. The Morgan fingerprint density at radius 2 is 2.31 bits per heavy atom. The molecule has 0 N–H and O–H groups in total. The lowest BCUT2D eigenvalue weighted by molar-refractivity contribution is -0.121. The van der Waals surface area contributed by atoms with Gasteiger partial charge in [0.2, 0.25) is 0 Å². The molecule has 2 aliphatic carbocycles. The Hall–Kier alpha value is -0.590. The molecule has 0 amide bonds. The first-order valence-corrected chi connectivity index (χ1v) is 5.34. The van der Waals surface area contributed by atoms with Crippen molar-refractivity contribution in [3.63, 3.8) is 0 Å². The molecule has 0 radical (unpaired) electrons. The Morgan fingerprint density at radius 1 is 1.54 bits per heavy atom. The zero-order valence-corrected chi connectivity index (χ0v) is 8.60. The molecule has 0 aromatic heterocycles. The second-order valence-electron chi connectivity index (χ2n) is 4.86. The molecule has 72 valence electrons. The molecule has 0 bridgehead atoms. The van der Waals surface area contributed by atoms with Crippen LogP contribution in [0.2, 0.25) is 0 Å². The fourth-order valence-corrected chi connectivity index (χ4v) is 2.86. The van der Waals surface area contributed by atoms with Gasteiger partial charge in [0.05, 0.1) is 0 Å². The number of ketones is 1. The molecule has 0 unspecified atom stereocenters. The Morgan fingerprint density at radius 3 is 3.08 bits per heavy atom. The molecule has 1 fully saturated rings. The SMILES string of the molecule is C[C@@H]1CCCC2=CCC(=O)C[C@]21C. The van der Waals surface area contributed by atoms with Crippen molar-refractivity contribution in [2.45, 2.75) is 46.0 Å². The minimum Gasteiger partial charge on any atom is -0.299 e. The maximum absolute atomic E-state index is 11.4. The fraction of sp³-hybridized carbons (Fsp3) is 0.750. The van der Waals surface area contributed by atoms with Crippen LogP contribution in [-0.2, 0) is 4.79 Å². The molecule has 0 heterocycles. The summed E-state index contributed by atoms with van der Waals surface area (Å²) in [6, 6.07) is 0. The molecule has 13 heavy (non-hydrogen) atoms. The van der Waals surface area contributed by atoms with Gasteiger partial charge in [-0.1, -0.05) is 25.5 Å². The van der Waals surface area contributed by atoms with E-state index in [9.17, 15) is 4.79 Å². The van der Waals surface area contributed by atoms with Crippen LogP contribution in [0.25, 0.3) is 0 Å². The maximum Gasteiger partial charge on any atom is 0.137 e. The molecule has 0 spiro atoms. The standard InChI is InChI=1S/C12H18O/c1-9-4-3-5-10-6-7-11(13)8-12(9,10)2/h6,9H,3-5,7-8H2,1-2H3/t9-,12+/m1/s1. The molecule has 2 aliphatic rings. The molecular weight excluding hydrogens is 160 g/mol. The highest BCUT2D eigenvalue weighted by atomic mass is 16.1. The molecule has 0 saturated heterocycles. The summed E-state index contributed by atoms with van der Waals surface area (Å²) in [5, 5.41) is 0. The van der Waals surface area contributed by atoms with Gasteiger partial charge < -0.3 is 0 Å². The van der Waals surface area contributed by atoms with Crippen molar-refractivity contribution < 1.29 is 4.79 Å². The quantitative estimate of drug-likeness (QED) is 0.521. The van der Waals surface area contributed by atoms with Crippen LogP contribution in [0.4, 0.5) is 0 Å². The van der Waals surface area contributed by atoms with Gasteiger partial charge >= 0.3 is 0 Å². The van der Waals surface area contributed by atoms with Crippen molar-refractivity contribution in [3.8, 4) is 0 Å². The number of hydrogen-bond acceptors (Lipinski definition) is 1. The van der Waals surface area contributed by atoms with Crippen molar-refractivity contribution in [3.05, 3.63) is 11.6 Å². The van der Waals surface area contributed by atoms with E-state index in [1.807, 2.05) is 0 Å². The highest BCUT2D eigenvalue weighted by Crippen LogP contribution is 2.49. The first kappa shape index (κ1) is 8.98. The van der Waals surface area contributed by atoms with Crippen molar-refractivity contribution >= 4 is 5.78 Å². The first-order chi connectivity index (χ1) is 6.13. The maximum atomic E-state index is 11.4. The summed E-state index contributed by atoms with van der Waals surface area (Å²) in [5.41, 5.74) is 1.78. The fourth-order valence-electron chi connectivity index (χ4n) is 2.86. The number of fused-ring (bicyclic) bond motifs is 1. The summed E-state index contributed by atoms with van der Waals surface area (Å²) in [7, 11) is 0. The average Bonchev–Trinajstić information content (AvgIpc) is 2.07. The predicted molar refractivity (Wildman–Crippen MR) is 53.4 cm³/mol. The van der Waals surface area contributed by atoms with Gasteiger partial charge in [-0.05, 0) is 30.6 Å². The molecule has 0 aliphatic heterocycles. The monoisotopic (exact) mass is 178 g/mol. The molecule has 0 aromatic rings. The Kier molecular flexibility index (Phi) is 2.05. The van der Waals surface area contributed by atoms with E-state index in [0.717, 1.165) is 6.42 Å². The van der Waals surface area contributed by atoms with Crippen molar-refractivity contribution in [2.75, 3.05) is 0 Å². The van der Waals surface area contributed by atoms with Crippen LogP contribution in [0, 0.1) is 11.3 Å². The van der Waals surface area contributed by atoms with Crippen LogP contribution >= 0.6 is 0 Å². The van der Waals surface area contributed by atoms with Crippen molar-refractivity contribution in [1.29, 1.82) is 0 Å². The lowest BCUT2D eigenvalue weighted by Gasteiger charge is -2.44. The van der Waals surface area contributed by atoms with Gasteiger partial charge in [0.1, 0.15) is 5.78 Å². The summed E-state index contributed by atoms with van der Waals surface area (Å²) >= 11 is 0. The van der Waals surface area contributed by atoms with Gasteiger partial charge in [-0.25, -0.2) is 0 Å². The summed E-state index contributed by atoms with van der Waals surface area (Å²) in [6.45, 7) is 4.57. The van der Waals surface area contributed by atoms with Crippen LogP contribution in [0.15, 0.2) is 11.6 Å². The second-order valence-corrected chi connectivity index (χ2v) is 4.86. The van der Waals surface area contributed by atoms with Gasteiger partial charge in [0, 0.05) is 12.8 Å². The zero-order chi connectivity index (χ0) is 9.47. The minimum atomic E-state index is 0.216. The Bertz CT molecular complexity index is 264. The average molecular weight is 178 g/mol. The summed E-state index contributed by atoms with van der Waals surface area (Å²) in [4.78, 5) is 11.4. The predicted octanol–water partition coefficient (Wildman–Crippen LogP) is 3.10. The molecule has 2 rings (SSSR count). The zero-order valence-electron chi connectivity index (χ0n) is 8.60. The third-order valence-corrected chi connectivity index (χ3v) is 4.05. The molecule has 1 nitrogen and oxygen atoms in total. The number of allylic oxidation sites excluding steroid dienone is 2. The topological polar surface area (TPSA) is 17.1 Å². The van der Waals surface area contributed by atoms with E-state index in [1.165, 1.54) is 19.3 Å². The lowest BCUT2D eigenvalue weighted by atomic mass is 9.60. The molecule has 1 heteroatoms. The van der Waals surface area contributed by atoms with Gasteiger partial charge in [-0.2, -0.15) is 0 Å². The van der Waals surface area contributed by atoms with E-state index in [0.29, 0.717) is 18.1 Å². The van der Waals surface area contributed by atoms with E-state index >= 15 is 0 Å². The highest BCUT2D eigenvalue weighted by Gasteiger charge is 2.40. The van der Waals surface area contributed by atoms with Crippen LogP contribution < -0.4 is 0 Å². The minimum absolute atomic E-state index is 0.216. The van der Waals surface area contributed by atoms with E-state index in [1.54, 1.807) is 5.57 Å². The van der Waals surface area contributed by atoms with Crippen LogP contribution in [0.3, 0.4) is 0 Å². The third-order valence-electron chi connectivity index (χ3n) is 4.05. The normalized spacial score (nSPS) is 39.7. The Labute approximate surface area is 80.2 Å². The van der Waals surface area contributed by atoms with Gasteiger partial charge in [0.15, 0.2) is 0 Å². The first-order valence-electron chi connectivity index (χ1n) is 5.34. The van der Waals surface area contributed by atoms with E-state index in [4.69, 9.17) is 0 Å². The van der Waals surface area contributed by atoms with Crippen molar-refractivity contribution in [2.24, 2.45) is 11.3 Å². The number of carbonyl (C=O) groups excluding carboxylic acids is 1. The van der Waals surface area contributed by atoms with E-state index < -0.39 is 0 Å². The smallest absolute Gasteiger partial charge is 0.137 e. The number of carbonyl (C=O) groups is 1. The van der Waals surface area contributed by atoms with Crippen LogP contribution in [0.1, 0.15) is 46.0 Å². The number of hydrogen-bond donors (Lipinski definition) is 0. The largest absolute Gasteiger partial charge is 0.299 e. The summed E-state index contributed by atoms with van der Waals surface area (Å²) < 4.78 is 0. The van der Waals surface area contributed by atoms with Gasteiger partial charge in [-0.3, -0.25) is 4.79 Å². The van der Waals surface area contributed by atoms with E-state index in [-0.39, 0.29) is 5.41 Å². The molecule has 0 aromatic carbocycles. The van der Waals surface area contributed by atoms with Crippen LogP contribution in [-0.4, -0.2) is 5.78 Å². The second kappa shape index (κ2) is 2.97. The molecule has 2 atom stereocenters. The van der Waals surface area contributed by atoms with Gasteiger partial charge in [0.25, 0.3) is 0 Å². The Balaban J connectivity index is 2.33. The number of Topliss-reactive ketones (excluding diaryl/α,β-unsaturated/α-hetero) is 1. The lowest BCUT2D eigenvalue weighted by Crippen LogP contribution is -2.36. The van der Waals surface area contributed by atoms with E-state index in [2.05, 4.69) is 19.9 Å².